The lowest BCUT2D eigenvalue weighted by atomic mass is 9.75. The molecule has 18 heavy (non-hydrogen) atoms. The molecule has 1 aliphatic carbocycles. The molecule has 3 heteroatoms. The first kappa shape index (κ1) is 12.0. The van der Waals surface area contributed by atoms with Crippen molar-refractivity contribution in [3.63, 3.8) is 0 Å². The van der Waals surface area contributed by atoms with Gasteiger partial charge in [-0.05, 0) is 42.5 Å². The molecule has 1 N–H and O–H groups in total. The molecule has 0 radical (unpaired) electrons. The van der Waals surface area contributed by atoms with Crippen LogP contribution in [0.25, 0.3) is 0 Å². The van der Waals surface area contributed by atoms with Gasteiger partial charge in [0.15, 0.2) is 0 Å². The highest BCUT2D eigenvalue weighted by atomic mass is 16.5. The molecular weight excluding hydrogens is 228 g/mol. The van der Waals surface area contributed by atoms with E-state index in [0.717, 1.165) is 37.2 Å². The Balaban J connectivity index is 1.74. The third-order valence-corrected chi connectivity index (χ3v) is 4.36. The van der Waals surface area contributed by atoms with Crippen molar-refractivity contribution in [1.82, 2.24) is 0 Å². The Hall–Kier alpha value is -1.06. The first-order valence-electron chi connectivity index (χ1n) is 6.71. The molecular formula is C15H20O3. The predicted octanol–water partition coefficient (Wildman–Crippen LogP) is 2.61. The van der Waals surface area contributed by atoms with E-state index in [9.17, 15) is 5.11 Å². The quantitative estimate of drug-likeness (QED) is 0.890. The largest absolute Gasteiger partial charge is 0.493 e. The van der Waals surface area contributed by atoms with Crippen LogP contribution in [0.5, 0.6) is 5.75 Å². The number of aliphatic hydroxyl groups excluding tert-OH is 1. The third-order valence-electron chi connectivity index (χ3n) is 4.36. The number of rotatable bonds is 4. The van der Waals surface area contributed by atoms with E-state index >= 15 is 0 Å². The van der Waals surface area contributed by atoms with E-state index in [0.29, 0.717) is 6.42 Å². The third kappa shape index (κ3) is 2.02. The summed E-state index contributed by atoms with van der Waals surface area (Å²) < 4.78 is 11.1. The van der Waals surface area contributed by atoms with Gasteiger partial charge in [-0.15, -0.1) is 0 Å². The molecule has 1 heterocycles. The average molecular weight is 248 g/mol. The van der Waals surface area contributed by atoms with E-state index < -0.39 is 6.10 Å². The van der Waals surface area contributed by atoms with Crippen LogP contribution in [0.15, 0.2) is 18.2 Å². The molecule has 1 fully saturated rings. The molecule has 1 atom stereocenters. The molecule has 3 nitrogen and oxygen atoms in total. The molecule has 0 amide bonds. The van der Waals surface area contributed by atoms with Gasteiger partial charge in [-0.2, -0.15) is 0 Å². The minimum Gasteiger partial charge on any atom is -0.493 e. The molecule has 0 spiro atoms. The molecule has 0 aromatic heterocycles. The van der Waals surface area contributed by atoms with Crippen molar-refractivity contribution in [2.75, 3.05) is 13.7 Å². The van der Waals surface area contributed by atoms with Crippen LogP contribution in [0.4, 0.5) is 0 Å². The van der Waals surface area contributed by atoms with Crippen molar-refractivity contribution in [1.29, 1.82) is 0 Å². The van der Waals surface area contributed by atoms with Crippen LogP contribution in [0, 0.1) is 0 Å². The number of hydrogen-bond donors (Lipinski definition) is 1. The predicted molar refractivity (Wildman–Crippen MR) is 68.8 cm³/mol. The van der Waals surface area contributed by atoms with Gasteiger partial charge in [0.25, 0.3) is 0 Å². The fraction of sp³-hybridized carbons (Fsp3) is 0.600. The van der Waals surface area contributed by atoms with Crippen molar-refractivity contribution in [3.05, 3.63) is 29.3 Å². The van der Waals surface area contributed by atoms with Crippen molar-refractivity contribution in [2.24, 2.45) is 0 Å². The standard InChI is InChI=1S/C15H20O3/c1-17-15(6-2-7-15)10-13(16)11-3-4-14-12(9-11)5-8-18-14/h3-4,9,13,16H,2,5-8,10H2,1H3. The Bertz CT molecular complexity index is 432. The highest BCUT2D eigenvalue weighted by Crippen LogP contribution is 2.42. The Morgan fingerprint density at radius 1 is 1.44 bits per heavy atom. The van der Waals surface area contributed by atoms with E-state index in [4.69, 9.17) is 9.47 Å². The van der Waals surface area contributed by atoms with Gasteiger partial charge in [0, 0.05) is 20.0 Å². The number of hydrogen-bond acceptors (Lipinski definition) is 3. The summed E-state index contributed by atoms with van der Waals surface area (Å²) in [7, 11) is 1.75. The first-order chi connectivity index (χ1) is 8.72. The summed E-state index contributed by atoms with van der Waals surface area (Å²) in [5.41, 5.74) is 2.11. The molecule has 0 saturated heterocycles. The Morgan fingerprint density at radius 3 is 2.94 bits per heavy atom. The van der Waals surface area contributed by atoms with Crippen LogP contribution < -0.4 is 4.74 Å². The zero-order valence-corrected chi connectivity index (χ0v) is 10.8. The fourth-order valence-corrected chi connectivity index (χ4v) is 2.95. The zero-order valence-electron chi connectivity index (χ0n) is 10.8. The van der Waals surface area contributed by atoms with Gasteiger partial charge in [-0.25, -0.2) is 0 Å². The molecule has 98 valence electrons. The number of methoxy groups -OCH3 is 1. The van der Waals surface area contributed by atoms with Crippen LogP contribution in [0.3, 0.4) is 0 Å². The van der Waals surface area contributed by atoms with Gasteiger partial charge in [-0.3, -0.25) is 0 Å². The van der Waals surface area contributed by atoms with Crippen molar-refractivity contribution in [3.8, 4) is 5.75 Å². The first-order valence-corrected chi connectivity index (χ1v) is 6.71. The average Bonchev–Trinajstić information content (AvgIpc) is 2.80. The maximum Gasteiger partial charge on any atom is 0.122 e. The van der Waals surface area contributed by atoms with Crippen LogP contribution in [0.1, 0.15) is 42.9 Å². The normalized spacial score (nSPS) is 21.9. The van der Waals surface area contributed by atoms with Gasteiger partial charge < -0.3 is 14.6 Å². The van der Waals surface area contributed by atoms with Crippen LogP contribution in [-0.2, 0) is 11.2 Å². The summed E-state index contributed by atoms with van der Waals surface area (Å²) in [5, 5.41) is 10.4. The van der Waals surface area contributed by atoms with Gasteiger partial charge >= 0.3 is 0 Å². The summed E-state index contributed by atoms with van der Waals surface area (Å²) in [4.78, 5) is 0. The number of ether oxygens (including phenoxy) is 2. The van der Waals surface area contributed by atoms with E-state index in [-0.39, 0.29) is 5.60 Å². The molecule has 0 bridgehead atoms. The Kier molecular flexibility index (Phi) is 3.04. The summed E-state index contributed by atoms with van der Waals surface area (Å²) in [5.74, 6) is 0.969. The molecule has 1 aromatic carbocycles. The summed E-state index contributed by atoms with van der Waals surface area (Å²) in [6, 6.07) is 6.02. The maximum atomic E-state index is 10.4. The number of aliphatic hydroxyl groups is 1. The van der Waals surface area contributed by atoms with Crippen LogP contribution >= 0.6 is 0 Å². The molecule has 1 aromatic rings. The second-order valence-electron chi connectivity index (χ2n) is 5.43. The Morgan fingerprint density at radius 2 is 2.28 bits per heavy atom. The van der Waals surface area contributed by atoms with Gasteiger partial charge in [-0.1, -0.05) is 6.07 Å². The second-order valence-corrected chi connectivity index (χ2v) is 5.43. The number of fused-ring (bicyclic) bond motifs is 1. The fourth-order valence-electron chi connectivity index (χ4n) is 2.95. The monoisotopic (exact) mass is 248 g/mol. The minimum atomic E-state index is -0.434. The highest BCUT2D eigenvalue weighted by molar-refractivity contribution is 5.40. The van der Waals surface area contributed by atoms with Crippen molar-refractivity contribution >= 4 is 0 Å². The molecule has 1 saturated carbocycles. The van der Waals surface area contributed by atoms with Crippen molar-refractivity contribution < 1.29 is 14.6 Å². The SMILES string of the molecule is COC1(CC(O)c2ccc3c(c2)CCO3)CCC1. The lowest BCUT2D eigenvalue weighted by Crippen LogP contribution is -2.40. The van der Waals surface area contributed by atoms with Gasteiger partial charge in [0.05, 0.1) is 18.3 Å². The van der Waals surface area contributed by atoms with Crippen LogP contribution in [-0.4, -0.2) is 24.4 Å². The molecule has 3 rings (SSSR count). The van der Waals surface area contributed by atoms with E-state index in [1.807, 2.05) is 12.1 Å². The number of benzene rings is 1. The highest BCUT2D eigenvalue weighted by Gasteiger charge is 2.39. The molecule has 1 aliphatic heterocycles. The second kappa shape index (κ2) is 4.56. The minimum absolute atomic E-state index is 0.0884. The van der Waals surface area contributed by atoms with E-state index in [1.54, 1.807) is 7.11 Å². The maximum absolute atomic E-state index is 10.4. The smallest absolute Gasteiger partial charge is 0.122 e. The Labute approximate surface area is 108 Å². The van der Waals surface area contributed by atoms with E-state index in [2.05, 4.69) is 6.07 Å². The molecule has 2 aliphatic rings. The topological polar surface area (TPSA) is 38.7 Å². The van der Waals surface area contributed by atoms with Crippen LogP contribution in [0.2, 0.25) is 0 Å². The van der Waals surface area contributed by atoms with Gasteiger partial charge in [0.2, 0.25) is 0 Å². The summed E-state index contributed by atoms with van der Waals surface area (Å²) >= 11 is 0. The van der Waals surface area contributed by atoms with E-state index in [1.165, 1.54) is 12.0 Å². The molecule has 1 unspecified atom stereocenters. The van der Waals surface area contributed by atoms with Crippen molar-refractivity contribution in [2.45, 2.75) is 43.8 Å². The lowest BCUT2D eigenvalue weighted by Gasteiger charge is -2.41. The van der Waals surface area contributed by atoms with Gasteiger partial charge in [0.1, 0.15) is 5.75 Å². The lowest BCUT2D eigenvalue weighted by molar-refractivity contribution is -0.0999. The zero-order chi connectivity index (χ0) is 12.6. The summed E-state index contributed by atoms with van der Waals surface area (Å²) in [6.07, 6.45) is 4.55. The summed E-state index contributed by atoms with van der Waals surface area (Å²) in [6.45, 7) is 0.761.